The molecule has 2 heterocycles. The highest BCUT2D eigenvalue weighted by Gasteiger charge is 2.25. The van der Waals surface area contributed by atoms with Crippen LogP contribution >= 0.6 is 0 Å². The van der Waals surface area contributed by atoms with E-state index in [1.165, 1.54) is 12.5 Å². The maximum absolute atomic E-state index is 10.7. The molecule has 2 atom stereocenters. The molecular formula is C12H19N5O2. The number of hydrogen-bond acceptors (Lipinski definition) is 6. The van der Waals surface area contributed by atoms with Gasteiger partial charge in [-0.2, -0.15) is 0 Å². The molecular weight excluding hydrogens is 246 g/mol. The van der Waals surface area contributed by atoms with Crippen molar-refractivity contribution in [3.63, 3.8) is 0 Å². The number of aromatic nitrogens is 1. The number of nitrogens with two attached hydrogens (primary N) is 1. The van der Waals surface area contributed by atoms with Gasteiger partial charge in [-0.3, -0.25) is 10.1 Å². The number of nitrogens with zero attached hydrogens (tertiary/aromatic N) is 3. The molecule has 1 aliphatic heterocycles. The summed E-state index contributed by atoms with van der Waals surface area (Å²) in [6.07, 6.45) is 3.47. The van der Waals surface area contributed by atoms with Crippen molar-refractivity contribution in [2.75, 3.05) is 11.2 Å². The van der Waals surface area contributed by atoms with E-state index in [2.05, 4.69) is 29.3 Å². The number of rotatable bonds is 3. The Morgan fingerprint density at radius 2 is 2.05 bits per heavy atom. The molecule has 19 heavy (non-hydrogen) atoms. The quantitative estimate of drug-likeness (QED) is 0.642. The fraction of sp³-hybridized carbons (Fsp3) is 0.583. The van der Waals surface area contributed by atoms with Gasteiger partial charge in [-0.1, -0.05) is 6.42 Å². The first kappa shape index (κ1) is 13.5. The Labute approximate surface area is 111 Å². The van der Waals surface area contributed by atoms with Crippen molar-refractivity contribution >= 4 is 17.3 Å². The van der Waals surface area contributed by atoms with E-state index in [4.69, 9.17) is 5.73 Å². The first-order valence-electron chi connectivity index (χ1n) is 6.45. The van der Waals surface area contributed by atoms with Gasteiger partial charge in [0, 0.05) is 18.2 Å². The maximum atomic E-state index is 10.7. The topological polar surface area (TPSA) is 97.3 Å². The predicted octanol–water partition coefficient (Wildman–Crippen LogP) is 2.16. The number of nitrogens with one attached hydrogen (secondary N) is 1. The third-order valence-corrected chi connectivity index (χ3v) is 3.54. The second-order valence-corrected chi connectivity index (χ2v) is 5.01. The van der Waals surface area contributed by atoms with Crippen LogP contribution < -0.4 is 11.2 Å². The van der Waals surface area contributed by atoms with E-state index in [0.717, 1.165) is 12.8 Å². The van der Waals surface area contributed by atoms with Crippen molar-refractivity contribution in [3.8, 4) is 0 Å². The molecule has 0 radical (unpaired) electrons. The van der Waals surface area contributed by atoms with E-state index >= 15 is 0 Å². The minimum absolute atomic E-state index is 0.0627. The van der Waals surface area contributed by atoms with Crippen LogP contribution in [-0.4, -0.2) is 27.0 Å². The van der Waals surface area contributed by atoms with Crippen LogP contribution in [0.1, 0.15) is 33.1 Å². The lowest BCUT2D eigenvalue weighted by Gasteiger charge is -2.39. The van der Waals surface area contributed by atoms with Gasteiger partial charge in [0.15, 0.2) is 0 Å². The average molecular weight is 265 g/mol. The molecule has 1 aliphatic rings. The van der Waals surface area contributed by atoms with Crippen LogP contribution in [0.3, 0.4) is 0 Å². The monoisotopic (exact) mass is 265 g/mol. The highest BCUT2D eigenvalue weighted by atomic mass is 16.6. The Balaban J connectivity index is 2.14. The molecule has 1 aromatic rings. The summed E-state index contributed by atoms with van der Waals surface area (Å²) in [7, 11) is 0. The van der Waals surface area contributed by atoms with Crippen molar-refractivity contribution in [3.05, 3.63) is 22.2 Å². The summed E-state index contributed by atoms with van der Waals surface area (Å²) < 4.78 is 0. The molecule has 104 valence electrons. The van der Waals surface area contributed by atoms with Crippen LogP contribution in [-0.2, 0) is 0 Å². The number of nitro groups is 1. The van der Waals surface area contributed by atoms with Crippen molar-refractivity contribution < 1.29 is 4.92 Å². The number of hydrogen-bond donors (Lipinski definition) is 2. The van der Waals surface area contributed by atoms with E-state index in [1.54, 1.807) is 6.07 Å². The van der Waals surface area contributed by atoms with Gasteiger partial charge in [-0.25, -0.2) is 9.99 Å². The van der Waals surface area contributed by atoms with E-state index in [1.807, 2.05) is 0 Å². The van der Waals surface area contributed by atoms with Gasteiger partial charge in [0.2, 0.25) is 5.82 Å². The summed E-state index contributed by atoms with van der Waals surface area (Å²) in [5.41, 5.74) is 8.63. The molecule has 0 aliphatic carbocycles. The number of anilines is 2. The van der Waals surface area contributed by atoms with Gasteiger partial charge >= 0.3 is 5.69 Å². The maximum Gasteiger partial charge on any atom is 0.311 e. The van der Waals surface area contributed by atoms with Gasteiger partial charge in [-0.15, -0.1) is 0 Å². The summed E-state index contributed by atoms with van der Waals surface area (Å²) in [6, 6.07) is 3.77. The highest BCUT2D eigenvalue weighted by molar-refractivity contribution is 5.56. The Bertz CT molecular complexity index is 469. The van der Waals surface area contributed by atoms with Gasteiger partial charge in [0.25, 0.3) is 0 Å². The molecule has 7 heteroatoms. The largest absolute Gasteiger partial charge is 0.378 e. The number of hydrazine groups is 1. The van der Waals surface area contributed by atoms with Crippen molar-refractivity contribution in [1.82, 2.24) is 9.99 Å². The Kier molecular flexibility index (Phi) is 3.84. The van der Waals surface area contributed by atoms with Crippen molar-refractivity contribution in [2.45, 2.75) is 45.2 Å². The first-order chi connectivity index (χ1) is 8.99. The normalized spacial score (nSPS) is 24.1. The SMILES string of the molecule is CC1CCCC(C)N1Nc1ccc([N+](=O)[O-])c(N)n1. The van der Waals surface area contributed by atoms with Crippen LogP contribution in [0, 0.1) is 10.1 Å². The van der Waals surface area contributed by atoms with E-state index in [-0.39, 0.29) is 11.5 Å². The highest BCUT2D eigenvalue weighted by Crippen LogP contribution is 2.25. The second kappa shape index (κ2) is 5.40. The third-order valence-electron chi connectivity index (χ3n) is 3.54. The molecule has 7 nitrogen and oxygen atoms in total. The van der Waals surface area contributed by atoms with Crippen molar-refractivity contribution in [2.24, 2.45) is 0 Å². The van der Waals surface area contributed by atoms with Gasteiger partial charge in [-0.05, 0) is 32.8 Å². The minimum Gasteiger partial charge on any atom is -0.378 e. The average Bonchev–Trinajstić information content (AvgIpc) is 2.33. The van der Waals surface area contributed by atoms with E-state index in [9.17, 15) is 10.1 Å². The zero-order chi connectivity index (χ0) is 14.0. The predicted molar refractivity (Wildman–Crippen MR) is 73.5 cm³/mol. The molecule has 3 N–H and O–H groups in total. The van der Waals surface area contributed by atoms with Crippen LogP contribution in [0.4, 0.5) is 17.3 Å². The smallest absolute Gasteiger partial charge is 0.311 e. The Morgan fingerprint density at radius 1 is 1.42 bits per heavy atom. The number of nitrogen functional groups attached to an aromatic ring is 1. The van der Waals surface area contributed by atoms with E-state index < -0.39 is 4.92 Å². The van der Waals surface area contributed by atoms with Crippen LogP contribution in [0.25, 0.3) is 0 Å². The third kappa shape index (κ3) is 2.93. The summed E-state index contributed by atoms with van der Waals surface area (Å²) in [5.74, 6) is 0.482. The molecule has 1 aromatic heterocycles. The summed E-state index contributed by atoms with van der Waals surface area (Å²) in [5, 5.41) is 12.8. The molecule has 0 saturated carbocycles. The second-order valence-electron chi connectivity index (χ2n) is 5.01. The van der Waals surface area contributed by atoms with Gasteiger partial charge in [0.05, 0.1) is 4.92 Å². The first-order valence-corrected chi connectivity index (χ1v) is 6.45. The summed E-state index contributed by atoms with van der Waals surface area (Å²) in [4.78, 5) is 14.2. The van der Waals surface area contributed by atoms with Crippen LogP contribution in [0.5, 0.6) is 0 Å². The lowest BCUT2D eigenvalue weighted by molar-refractivity contribution is -0.384. The molecule has 2 unspecified atom stereocenters. The van der Waals surface area contributed by atoms with E-state index in [0.29, 0.717) is 17.9 Å². The molecule has 0 spiro atoms. The zero-order valence-corrected chi connectivity index (χ0v) is 11.2. The van der Waals surface area contributed by atoms with Crippen molar-refractivity contribution in [1.29, 1.82) is 0 Å². The molecule has 0 bridgehead atoms. The fourth-order valence-corrected chi connectivity index (χ4v) is 2.46. The number of pyridine rings is 1. The minimum atomic E-state index is -0.530. The zero-order valence-electron chi connectivity index (χ0n) is 11.2. The lowest BCUT2D eigenvalue weighted by atomic mass is 10.00. The fourth-order valence-electron chi connectivity index (χ4n) is 2.46. The van der Waals surface area contributed by atoms with Gasteiger partial charge in [0.1, 0.15) is 5.82 Å². The molecule has 0 amide bonds. The van der Waals surface area contributed by atoms with Crippen LogP contribution in [0.2, 0.25) is 0 Å². The molecule has 1 saturated heterocycles. The standard InChI is InChI=1S/C12H19N5O2/c1-8-4-3-5-9(2)16(8)15-11-7-6-10(17(18)19)12(13)14-11/h6-9H,3-5H2,1-2H3,(H3,13,14,15). The summed E-state index contributed by atoms with van der Waals surface area (Å²) >= 11 is 0. The molecule has 2 rings (SSSR count). The lowest BCUT2D eigenvalue weighted by Crippen LogP contribution is -2.47. The molecule has 0 aromatic carbocycles. The number of piperidine rings is 1. The Morgan fingerprint density at radius 3 is 2.58 bits per heavy atom. The molecule has 1 fully saturated rings. The van der Waals surface area contributed by atoms with Crippen LogP contribution in [0.15, 0.2) is 12.1 Å². The Hall–Kier alpha value is -1.89. The van der Waals surface area contributed by atoms with Gasteiger partial charge < -0.3 is 11.2 Å². The summed E-state index contributed by atoms with van der Waals surface area (Å²) in [6.45, 7) is 4.30.